The van der Waals surface area contributed by atoms with Gasteiger partial charge in [-0.15, -0.1) is 0 Å². The Bertz CT molecular complexity index is 943. The summed E-state index contributed by atoms with van der Waals surface area (Å²) in [6.45, 7) is 3.74. The van der Waals surface area contributed by atoms with E-state index in [1.165, 1.54) is 18.2 Å². The average Bonchev–Trinajstić information content (AvgIpc) is 2.60. The van der Waals surface area contributed by atoms with Gasteiger partial charge in [-0.3, -0.25) is 4.79 Å². The standard InChI is InChI=1S/C19H18FN3O2/c1-11-12(2)23-17-9-14(6-7-16(17)22-11)19(25)21-10-18(24)13-4-3-5-15(20)8-13/h3-9,18,24H,10H2,1-2H3,(H,21,25)/t18-/m1/s1. The van der Waals surface area contributed by atoms with E-state index in [1.807, 2.05) is 13.8 Å². The van der Waals surface area contributed by atoms with Crippen LogP contribution in [0.3, 0.4) is 0 Å². The molecule has 3 rings (SSSR count). The van der Waals surface area contributed by atoms with Gasteiger partial charge in [0, 0.05) is 12.1 Å². The molecule has 25 heavy (non-hydrogen) atoms. The van der Waals surface area contributed by atoms with Gasteiger partial charge in [0.1, 0.15) is 5.82 Å². The van der Waals surface area contributed by atoms with Crippen LogP contribution in [0.25, 0.3) is 11.0 Å². The number of amides is 1. The van der Waals surface area contributed by atoms with E-state index < -0.39 is 11.9 Å². The van der Waals surface area contributed by atoms with Crippen LogP contribution in [-0.4, -0.2) is 27.5 Å². The Hall–Kier alpha value is -2.86. The molecule has 128 valence electrons. The summed E-state index contributed by atoms with van der Waals surface area (Å²) in [4.78, 5) is 21.2. The largest absolute Gasteiger partial charge is 0.387 e. The summed E-state index contributed by atoms with van der Waals surface area (Å²) in [5.74, 6) is -0.765. The van der Waals surface area contributed by atoms with E-state index in [0.29, 0.717) is 16.6 Å². The van der Waals surface area contributed by atoms with Crippen LogP contribution in [0.4, 0.5) is 4.39 Å². The summed E-state index contributed by atoms with van der Waals surface area (Å²) < 4.78 is 13.2. The molecule has 1 amide bonds. The van der Waals surface area contributed by atoms with Gasteiger partial charge in [0.05, 0.1) is 28.5 Å². The van der Waals surface area contributed by atoms with Crippen molar-refractivity contribution in [1.29, 1.82) is 0 Å². The van der Waals surface area contributed by atoms with Gasteiger partial charge in [-0.2, -0.15) is 0 Å². The monoisotopic (exact) mass is 339 g/mol. The van der Waals surface area contributed by atoms with Crippen molar-refractivity contribution < 1.29 is 14.3 Å². The highest BCUT2D eigenvalue weighted by Gasteiger charge is 2.12. The summed E-state index contributed by atoms with van der Waals surface area (Å²) in [6, 6.07) is 10.7. The number of aromatic nitrogens is 2. The van der Waals surface area contributed by atoms with E-state index in [-0.39, 0.29) is 12.5 Å². The van der Waals surface area contributed by atoms with E-state index in [9.17, 15) is 14.3 Å². The normalized spacial score (nSPS) is 12.2. The summed E-state index contributed by atoms with van der Waals surface area (Å²) in [7, 11) is 0. The number of aryl methyl sites for hydroxylation is 2. The van der Waals surface area contributed by atoms with E-state index in [0.717, 1.165) is 16.9 Å². The lowest BCUT2D eigenvalue weighted by atomic mass is 10.1. The first-order valence-electron chi connectivity index (χ1n) is 7.91. The van der Waals surface area contributed by atoms with Gasteiger partial charge in [-0.25, -0.2) is 14.4 Å². The second-order valence-corrected chi connectivity index (χ2v) is 5.88. The maximum absolute atomic E-state index is 13.2. The number of benzene rings is 2. The van der Waals surface area contributed by atoms with Crippen molar-refractivity contribution in [3.8, 4) is 0 Å². The van der Waals surface area contributed by atoms with Crippen molar-refractivity contribution in [2.75, 3.05) is 6.54 Å². The minimum atomic E-state index is -0.982. The Balaban J connectivity index is 1.72. The molecule has 6 heteroatoms. The first-order chi connectivity index (χ1) is 11.9. The number of aliphatic hydroxyl groups is 1. The molecule has 0 radical (unpaired) electrons. The summed E-state index contributed by atoms with van der Waals surface area (Å²) in [6.07, 6.45) is -0.982. The van der Waals surface area contributed by atoms with E-state index in [4.69, 9.17) is 0 Å². The minimum absolute atomic E-state index is 0.0150. The molecule has 0 aliphatic rings. The molecule has 0 unspecified atom stereocenters. The Morgan fingerprint density at radius 3 is 2.56 bits per heavy atom. The van der Waals surface area contributed by atoms with Crippen molar-refractivity contribution in [1.82, 2.24) is 15.3 Å². The van der Waals surface area contributed by atoms with Crippen LogP contribution >= 0.6 is 0 Å². The molecule has 3 aromatic rings. The van der Waals surface area contributed by atoms with Crippen molar-refractivity contribution in [2.45, 2.75) is 20.0 Å². The highest BCUT2D eigenvalue weighted by atomic mass is 19.1. The summed E-state index contributed by atoms with van der Waals surface area (Å²) >= 11 is 0. The zero-order valence-corrected chi connectivity index (χ0v) is 14.0. The number of nitrogens with one attached hydrogen (secondary N) is 1. The van der Waals surface area contributed by atoms with Crippen molar-refractivity contribution in [2.24, 2.45) is 0 Å². The first-order valence-corrected chi connectivity index (χ1v) is 7.91. The lowest BCUT2D eigenvalue weighted by Gasteiger charge is -2.12. The molecular formula is C19H18FN3O2. The van der Waals surface area contributed by atoms with Gasteiger partial charge in [0.2, 0.25) is 0 Å². The molecule has 1 atom stereocenters. The van der Waals surface area contributed by atoms with Gasteiger partial charge in [0.25, 0.3) is 5.91 Å². The molecule has 2 N–H and O–H groups in total. The van der Waals surface area contributed by atoms with E-state index in [2.05, 4.69) is 15.3 Å². The molecule has 0 bridgehead atoms. The second-order valence-electron chi connectivity index (χ2n) is 5.88. The van der Waals surface area contributed by atoms with Crippen LogP contribution in [0.15, 0.2) is 42.5 Å². The highest BCUT2D eigenvalue weighted by Crippen LogP contribution is 2.16. The fourth-order valence-electron chi connectivity index (χ4n) is 2.50. The van der Waals surface area contributed by atoms with Gasteiger partial charge in [-0.05, 0) is 49.7 Å². The van der Waals surface area contributed by atoms with Crippen LogP contribution in [0, 0.1) is 19.7 Å². The molecule has 0 saturated carbocycles. The molecule has 0 spiro atoms. The first kappa shape index (κ1) is 17.0. The van der Waals surface area contributed by atoms with Gasteiger partial charge in [-0.1, -0.05) is 12.1 Å². The number of fused-ring (bicyclic) bond motifs is 1. The Kier molecular flexibility index (Phi) is 4.72. The smallest absolute Gasteiger partial charge is 0.251 e. The topological polar surface area (TPSA) is 75.1 Å². The number of aliphatic hydroxyl groups excluding tert-OH is 1. The predicted molar refractivity (Wildman–Crippen MR) is 92.7 cm³/mol. The van der Waals surface area contributed by atoms with E-state index in [1.54, 1.807) is 24.3 Å². The SMILES string of the molecule is Cc1nc2ccc(C(=O)NC[C@@H](O)c3cccc(F)c3)cc2nc1C. The number of carbonyl (C=O) groups is 1. The maximum Gasteiger partial charge on any atom is 0.251 e. The average molecular weight is 339 g/mol. The van der Waals surface area contributed by atoms with Crippen LogP contribution in [0.2, 0.25) is 0 Å². The fraction of sp³-hybridized carbons (Fsp3) is 0.211. The fourth-order valence-corrected chi connectivity index (χ4v) is 2.50. The third-order valence-corrected chi connectivity index (χ3v) is 4.03. The zero-order valence-electron chi connectivity index (χ0n) is 14.0. The molecule has 5 nitrogen and oxygen atoms in total. The Labute approximate surface area is 144 Å². The third-order valence-electron chi connectivity index (χ3n) is 4.03. The van der Waals surface area contributed by atoms with Gasteiger partial charge < -0.3 is 10.4 Å². The lowest BCUT2D eigenvalue weighted by molar-refractivity contribution is 0.0916. The molecule has 2 aromatic carbocycles. The van der Waals surface area contributed by atoms with E-state index >= 15 is 0 Å². The molecule has 0 fully saturated rings. The van der Waals surface area contributed by atoms with Gasteiger partial charge >= 0.3 is 0 Å². The number of carbonyl (C=O) groups excluding carboxylic acids is 1. The third kappa shape index (κ3) is 3.80. The molecule has 1 heterocycles. The molecule has 1 aromatic heterocycles. The predicted octanol–water partition coefficient (Wildman–Crippen LogP) is 2.85. The van der Waals surface area contributed by atoms with Crippen LogP contribution in [0.5, 0.6) is 0 Å². The number of hydrogen-bond donors (Lipinski definition) is 2. The molecule has 0 saturated heterocycles. The number of halogens is 1. The molecule has 0 aliphatic carbocycles. The summed E-state index contributed by atoms with van der Waals surface area (Å²) in [5, 5.41) is 12.7. The molecule has 0 aliphatic heterocycles. The zero-order chi connectivity index (χ0) is 18.0. The minimum Gasteiger partial charge on any atom is -0.387 e. The molecular weight excluding hydrogens is 321 g/mol. The number of rotatable bonds is 4. The lowest BCUT2D eigenvalue weighted by Crippen LogP contribution is -2.28. The Morgan fingerprint density at radius 1 is 1.12 bits per heavy atom. The second kappa shape index (κ2) is 6.94. The quantitative estimate of drug-likeness (QED) is 0.766. The highest BCUT2D eigenvalue weighted by molar-refractivity contribution is 5.97. The Morgan fingerprint density at radius 2 is 1.84 bits per heavy atom. The van der Waals surface area contributed by atoms with Crippen molar-refractivity contribution in [3.05, 3.63) is 70.8 Å². The van der Waals surface area contributed by atoms with Crippen LogP contribution < -0.4 is 5.32 Å². The maximum atomic E-state index is 13.2. The van der Waals surface area contributed by atoms with Crippen molar-refractivity contribution >= 4 is 16.9 Å². The van der Waals surface area contributed by atoms with Gasteiger partial charge in [0.15, 0.2) is 0 Å². The number of hydrogen-bond acceptors (Lipinski definition) is 4. The number of nitrogens with zero attached hydrogens (tertiary/aromatic N) is 2. The summed E-state index contributed by atoms with van der Waals surface area (Å²) in [5.41, 5.74) is 3.86. The van der Waals surface area contributed by atoms with Crippen LogP contribution in [0.1, 0.15) is 33.4 Å². The van der Waals surface area contributed by atoms with Crippen molar-refractivity contribution in [3.63, 3.8) is 0 Å². The van der Waals surface area contributed by atoms with Crippen LogP contribution in [-0.2, 0) is 0 Å².